The van der Waals surface area contributed by atoms with Gasteiger partial charge in [-0.15, -0.1) is 0 Å². The van der Waals surface area contributed by atoms with Gasteiger partial charge in [0, 0.05) is 32.1 Å². The summed E-state index contributed by atoms with van der Waals surface area (Å²) in [6.07, 6.45) is 5.74. The lowest BCUT2D eigenvalue weighted by molar-refractivity contribution is 0.303. The Morgan fingerprint density at radius 2 is 2.13 bits per heavy atom. The van der Waals surface area contributed by atoms with Crippen LogP contribution in [-0.2, 0) is 13.0 Å². The van der Waals surface area contributed by atoms with Crippen molar-refractivity contribution in [2.75, 3.05) is 20.2 Å². The Bertz CT molecular complexity index is 949. The maximum atomic E-state index is 6.03. The van der Waals surface area contributed by atoms with Crippen LogP contribution in [0.25, 0.3) is 11.6 Å². The first-order valence-electron chi connectivity index (χ1n) is 10.8. The van der Waals surface area contributed by atoms with Crippen molar-refractivity contribution in [3.05, 3.63) is 53.5 Å². The molecule has 0 saturated heterocycles. The standard InChI is InChI=1S/C23H32N6O2/c1-4-5-6-13-31-20-15-17(2)9-10-18(20)16-26-23(24-3)25-12-11-21-27-22(29-28-21)19-8-7-14-30-19/h7-10,14-15H,4-6,11-13,16H2,1-3H3,(H2,24,25,26)(H,27,28,29). The third kappa shape index (κ3) is 6.87. The number of nitrogens with one attached hydrogen (secondary N) is 3. The third-order valence-corrected chi connectivity index (χ3v) is 4.83. The molecule has 2 heterocycles. The van der Waals surface area contributed by atoms with Gasteiger partial charge < -0.3 is 19.8 Å². The van der Waals surface area contributed by atoms with Gasteiger partial charge >= 0.3 is 0 Å². The zero-order valence-electron chi connectivity index (χ0n) is 18.6. The number of aryl methyl sites for hydroxylation is 1. The molecule has 0 aliphatic heterocycles. The smallest absolute Gasteiger partial charge is 0.216 e. The van der Waals surface area contributed by atoms with Crippen LogP contribution in [0.15, 0.2) is 46.0 Å². The number of guanidine groups is 1. The van der Waals surface area contributed by atoms with Gasteiger partial charge in [-0.3, -0.25) is 10.1 Å². The summed E-state index contributed by atoms with van der Waals surface area (Å²) in [4.78, 5) is 8.76. The summed E-state index contributed by atoms with van der Waals surface area (Å²) in [5.74, 6) is 3.66. The van der Waals surface area contributed by atoms with Gasteiger partial charge in [-0.05, 0) is 37.1 Å². The fraction of sp³-hybridized carbons (Fsp3) is 0.435. The molecule has 8 heteroatoms. The number of rotatable bonds is 11. The van der Waals surface area contributed by atoms with E-state index in [1.165, 1.54) is 18.4 Å². The number of benzene rings is 1. The van der Waals surface area contributed by atoms with Crippen LogP contribution in [0, 0.1) is 6.92 Å². The molecule has 166 valence electrons. The molecule has 0 aliphatic carbocycles. The number of aliphatic imine (C=N–C) groups is 1. The zero-order valence-corrected chi connectivity index (χ0v) is 18.6. The predicted octanol–water partition coefficient (Wildman–Crippen LogP) is 3.85. The van der Waals surface area contributed by atoms with Crippen LogP contribution in [-0.4, -0.2) is 41.3 Å². The lowest BCUT2D eigenvalue weighted by Crippen LogP contribution is -2.38. The number of nitrogens with zero attached hydrogens (tertiary/aromatic N) is 3. The van der Waals surface area contributed by atoms with E-state index in [1.807, 2.05) is 12.1 Å². The Morgan fingerprint density at radius 3 is 2.90 bits per heavy atom. The Hall–Kier alpha value is -3.29. The Morgan fingerprint density at radius 1 is 1.23 bits per heavy atom. The highest BCUT2D eigenvalue weighted by molar-refractivity contribution is 5.79. The average molecular weight is 425 g/mol. The average Bonchev–Trinajstić information content (AvgIpc) is 3.46. The topological polar surface area (TPSA) is 100 Å². The van der Waals surface area contributed by atoms with Gasteiger partial charge in [0.05, 0.1) is 12.9 Å². The Labute approximate surface area is 183 Å². The van der Waals surface area contributed by atoms with E-state index in [0.29, 0.717) is 31.1 Å². The van der Waals surface area contributed by atoms with Gasteiger partial charge in [-0.1, -0.05) is 31.9 Å². The molecule has 0 unspecified atom stereocenters. The molecule has 0 radical (unpaired) electrons. The molecule has 1 aromatic carbocycles. The van der Waals surface area contributed by atoms with Gasteiger partial charge in [0.1, 0.15) is 11.6 Å². The van der Waals surface area contributed by atoms with Crippen LogP contribution in [0.5, 0.6) is 5.75 Å². The summed E-state index contributed by atoms with van der Waals surface area (Å²) in [6.45, 7) is 6.32. The molecular weight excluding hydrogens is 392 g/mol. The number of aromatic nitrogens is 3. The van der Waals surface area contributed by atoms with Crippen LogP contribution in [0.4, 0.5) is 0 Å². The molecule has 3 N–H and O–H groups in total. The second kappa shape index (κ2) is 11.8. The number of hydrogen-bond acceptors (Lipinski definition) is 5. The first-order chi connectivity index (χ1) is 15.2. The molecule has 0 saturated carbocycles. The second-order valence-electron chi connectivity index (χ2n) is 7.35. The number of hydrogen-bond donors (Lipinski definition) is 3. The van der Waals surface area contributed by atoms with E-state index < -0.39 is 0 Å². The quantitative estimate of drug-likeness (QED) is 0.246. The van der Waals surface area contributed by atoms with Crippen LogP contribution in [0.2, 0.25) is 0 Å². The van der Waals surface area contributed by atoms with Crippen LogP contribution >= 0.6 is 0 Å². The second-order valence-corrected chi connectivity index (χ2v) is 7.35. The highest BCUT2D eigenvalue weighted by Crippen LogP contribution is 2.21. The van der Waals surface area contributed by atoms with Gasteiger partial charge in [-0.2, -0.15) is 5.10 Å². The number of aromatic amines is 1. The highest BCUT2D eigenvalue weighted by Gasteiger charge is 2.09. The lowest BCUT2D eigenvalue weighted by atomic mass is 10.1. The van der Waals surface area contributed by atoms with Crippen molar-refractivity contribution in [3.8, 4) is 17.3 Å². The maximum Gasteiger partial charge on any atom is 0.216 e. The monoisotopic (exact) mass is 424 g/mol. The van der Waals surface area contributed by atoms with Crippen molar-refractivity contribution in [1.29, 1.82) is 0 Å². The minimum absolute atomic E-state index is 0.563. The van der Waals surface area contributed by atoms with Crippen molar-refractivity contribution in [2.45, 2.75) is 46.1 Å². The molecule has 3 rings (SSSR count). The van der Waals surface area contributed by atoms with E-state index >= 15 is 0 Å². The molecule has 0 fully saturated rings. The number of H-pyrrole nitrogens is 1. The SMILES string of the molecule is CCCCCOc1cc(C)ccc1CNC(=NC)NCCc1nc(-c2ccco2)n[nH]1. The van der Waals surface area contributed by atoms with Crippen molar-refractivity contribution in [3.63, 3.8) is 0 Å². The summed E-state index contributed by atoms with van der Waals surface area (Å²) in [5, 5.41) is 13.8. The van der Waals surface area contributed by atoms with Crippen LogP contribution in [0.1, 0.15) is 43.1 Å². The van der Waals surface area contributed by atoms with Crippen molar-refractivity contribution < 1.29 is 9.15 Å². The summed E-state index contributed by atoms with van der Waals surface area (Å²) in [7, 11) is 1.76. The lowest BCUT2D eigenvalue weighted by Gasteiger charge is -2.15. The fourth-order valence-electron chi connectivity index (χ4n) is 3.10. The molecule has 8 nitrogen and oxygen atoms in total. The summed E-state index contributed by atoms with van der Waals surface area (Å²) >= 11 is 0. The number of furan rings is 1. The highest BCUT2D eigenvalue weighted by atomic mass is 16.5. The normalized spacial score (nSPS) is 11.5. The molecule has 0 atom stereocenters. The summed E-state index contributed by atoms with van der Waals surface area (Å²) in [5.41, 5.74) is 2.31. The molecule has 0 aliphatic rings. The van der Waals surface area contributed by atoms with Gasteiger partial charge in [0.15, 0.2) is 11.7 Å². The number of ether oxygens (including phenoxy) is 1. The van der Waals surface area contributed by atoms with Crippen LogP contribution < -0.4 is 15.4 Å². The molecule has 2 aromatic heterocycles. The van der Waals surface area contributed by atoms with E-state index in [9.17, 15) is 0 Å². The first-order valence-corrected chi connectivity index (χ1v) is 10.8. The van der Waals surface area contributed by atoms with E-state index in [1.54, 1.807) is 13.3 Å². The zero-order chi connectivity index (χ0) is 21.9. The third-order valence-electron chi connectivity index (χ3n) is 4.83. The molecule has 31 heavy (non-hydrogen) atoms. The molecule has 0 bridgehead atoms. The summed E-state index contributed by atoms with van der Waals surface area (Å²) in [6, 6.07) is 9.96. The Balaban J connectivity index is 1.47. The van der Waals surface area contributed by atoms with Gasteiger partial charge in [0.2, 0.25) is 5.82 Å². The van der Waals surface area contributed by atoms with Gasteiger partial charge in [0.25, 0.3) is 0 Å². The first kappa shape index (κ1) is 22.4. The van der Waals surface area contributed by atoms with Crippen molar-refractivity contribution in [2.24, 2.45) is 4.99 Å². The minimum Gasteiger partial charge on any atom is -0.493 e. The predicted molar refractivity (Wildman–Crippen MR) is 122 cm³/mol. The largest absolute Gasteiger partial charge is 0.493 e. The van der Waals surface area contributed by atoms with Crippen molar-refractivity contribution >= 4 is 5.96 Å². The maximum absolute atomic E-state index is 6.03. The van der Waals surface area contributed by atoms with E-state index in [0.717, 1.165) is 36.1 Å². The van der Waals surface area contributed by atoms with Crippen LogP contribution in [0.3, 0.4) is 0 Å². The molecular formula is C23H32N6O2. The van der Waals surface area contributed by atoms with E-state index in [2.05, 4.69) is 62.9 Å². The number of unbranched alkanes of at least 4 members (excludes halogenated alkanes) is 2. The molecule has 0 amide bonds. The molecule has 0 spiro atoms. The van der Waals surface area contributed by atoms with E-state index in [4.69, 9.17) is 9.15 Å². The van der Waals surface area contributed by atoms with Crippen molar-refractivity contribution in [1.82, 2.24) is 25.8 Å². The van der Waals surface area contributed by atoms with E-state index in [-0.39, 0.29) is 0 Å². The molecule has 3 aromatic rings. The summed E-state index contributed by atoms with van der Waals surface area (Å²) < 4.78 is 11.4. The van der Waals surface area contributed by atoms with Gasteiger partial charge in [-0.25, -0.2) is 4.98 Å². The fourth-order valence-corrected chi connectivity index (χ4v) is 3.10. The minimum atomic E-state index is 0.563. The Kier molecular flexibility index (Phi) is 8.51.